The normalized spacial score (nSPS) is 13.2. The average Bonchev–Trinajstić information content (AvgIpc) is 3.23. The van der Waals surface area contributed by atoms with Crippen molar-refractivity contribution < 1.29 is 4.74 Å². The first-order chi connectivity index (χ1) is 26.3. The Morgan fingerprint density at radius 2 is 0.868 bits per heavy atom. The van der Waals surface area contributed by atoms with Crippen molar-refractivity contribution in [1.82, 2.24) is 0 Å². The van der Waals surface area contributed by atoms with Gasteiger partial charge < -0.3 is 14.5 Å². The van der Waals surface area contributed by atoms with Crippen molar-refractivity contribution in [3.63, 3.8) is 0 Å². The summed E-state index contributed by atoms with van der Waals surface area (Å²) >= 11 is 0. The van der Waals surface area contributed by atoms with E-state index >= 15 is 0 Å². The van der Waals surface area contributed by atoms with Gasteiger partial charge in [0.05, 0.1) is 18.5 Å². The van der Waals surface area contributed by atoms with E-state index in [0.29, 0.717) is 0 Å². The zero-order chi connectivity index (χ0) is 35.3. The largest absolute Gasteiger partial charge is 0.494 e. The molecule has 9 aromatic carbocycles. The second kappa shape index (κ2) is 13.0. The van der Waals surface area contributed by atoms with Crippen LogP contribution in [0.5, 0.6) is 5.75 Å². The van der Waals surface area contributed by atoms with Gasteiger partial charge in [-0.2, -0.15) is 0 Å². The van der Waals surface area contributed by atoms with Crippen LogP contribution in [0.2, 0.25) is 0 Å². The lowest BCUT2D eigenvalue weighted by molar-refractivity contribution is 0.417. The van der Waals surface area contributed by atoms with Crippen molar-refractivity contribution in [2.75, 3.05) is 16.9 Å². The fraction of sp³-hybridized carbons (Fsp3) is 0.0204. The Kier molecular flexibility index (Phi) is 7.67. The highest BCUT2D eigenvalue weighted by molar-refractivity contribution is 7.81. The summed E-state index contributed by atoms with van der Waals surface area (Å²) in [5.41, 5.74) is 6.64. The van der Waals surface area contributed by atoms with Crippen molar-refractivity contribution in [3.8, 4) is 5.75 Å². The molecular weight excluding hydrogens is 664 g/mol. The van der Waals surface area contributed by atoms with Crippen molar-refractivity contribution in [1.29, 1.82) is 0 Å². The fourth-order valence-corrected chi connectivity index (χ4v) is 11.3. The van der Waals surface area contributed by atoms with Gasteiger partial charge in [-0.1, -0.05) is 115 Å². The van der Waals surface area contributed by atoms with Crippen LogP contribution in [0, 0.1) is 0 Å². The third-order valence-corrected chi connectivity index (χ3v) is 13.3. The molecule has 1 atom stereocenters. The van der Waals surface area contributed by atoms with E-state index in [9.17, 15) is 0 Å². The second-order valence-corrected chi connectivity index (χ2v) is 15.9. The molecule has 1 aliphatic heterocycles. The van der Waals surface area contributed by atoms with E-state index in [2.05, 4.69) is 204 Å². The quantitative estimate of drug-likeness (QED) is 0.116. The number of rotatable bonds is 8. The van der Waals surface area contributed by atoms with Crippen LogP contribution in [-0.4, -0.2) is 7.11 Å². The van der Waals surface area contributed by atoms with Crippen LogP contribution in [0.3, 0.4) is 0 Å². The monoisotopic (exact) mass is 699 g/mol. The van der Waals surface area contributed by atoms with Gasteiger partial charge in [-0.15, -0.1) is 0 Å². The number of para-hydroxylation sites is 4. The minimum Gasteiger partial charge on any atom is -0.494 e. The molecular formula is C49H36N2OP+. The van der Waals surface area contributed by atoms with Crippen LogP contribution >= 0.6 is 7.92 Å². The first-order valence-corrected chi connectivity index (χ1v) is 19.6. The number of ether oxygens (including phenoxy) is 1. The molecule has 10 rings (SSSR count). The van der Waals surface area contributed by atoms with Crippen LogP contribution in [-0.2, 0) is 0 Å². The van der Waals surface area contributed by atoms with E-state index in [4.69, 9.17) is 4.74 Å². The summed E-state index contributed by atoms with van der Waals surface area (Å²) in [7, 11) is 0.284. The summed E-state index contributed by atoms with van der Waals surface area (Å²) < 4.78 is 6.45. The van der Waals surface area contributed by atoms with Crippen LogP contribution in [0.4, 0.5) is 34.1 Å². The summed E-state index contributed by atoms with van der Waals surface area (Å²) in [5.74, 6) is 0.861. The fourth-order valence-electron chi connectivity index (χ4n) is 8.28. The van der Waals surface area contributed by atoms with Gasteiger partial charge in [0.1, 0.15) is 29.6 Å². The van der Waals surface area contributed by atoms with Gasteiger partial charge in [0.25, 0.3) is 0 Å². The van der Waals surface area contributed by atoms with E-state index in [-0.39, 0.29) is 0 Å². The smallest absolute Gasteiger partial charge is 0.147 e. The SMILES string of the molecule is COc1cc2c3c(ccc4ccc5cc(N(c6ccccc6)c6ccccc6)cc(c5c43)[PH+]2c2ccccc2)c1N(c1ccccc1)c1ccccc1. The molecule has 0 aromatic heterocycles. The van der Waals surface area contributed by atoms with Gasteiger partial charge >= 0.3 is 0 Å². The zero-order valence-corrected chi connectivity index (χ0v) is 30.3. The van der Waals surface area contributed by atoms with Crippen LogP contribution < -0.4 is 30.5 Å². The standard InChI is InChI=1S/C49H35N2OP/c1-52-43-33-45-48-42(49(43)51(38-21-11-4-12-22-38)39-23-13-5-14-24-39)30-29-34-27-28-35-31-40(50(36-17-7-2-8-18-36)37-19-9-3-10-20-37)32-44(46(35)47(34)48)53(45)41-25-15-6-16-26-41/h2-33H,1H3/p+1. The topological polar surface area (TPSA) is 15.7 Å². The minimum atomic E-state index is -1.53. The maximum absolute atomic E-state index is 6.45. The highest BCUT2D eigenvalue weighted by Gasteiger charge is 2.38. The first-order valence-electron chi connectivity index (χ1n) is 18.1. The first kappa shape index (κ1) is 31.3. The van der Waals surface area contributed by atoms with Crippen molar-refractivity contribution >= 4 is 90.3 Å². The summed E-state index contributed by atoms with van der Waals surface area (Å²) in [6, 6.07) is 70.3. The lowest BCUT2D eigenvalue weighted by atomic mass is 9.94. The molecule has 4 heteroatoms. The molecule has 0 saturated carbocycles. The van der Waals surface area contributed by atoms with Gasteiger partial charge in [0.2, 0.25) is 0 Å². The van der Waals surface area contributed by atoms with Gasteiger partial charge in [-0.25, -0.2) is 0 Å². The second-order valence-electron chi connectivity index (χ2n) is 13.5. The average molecular weight is 700 g/mol. The van der Waals surface area contributed by atoms with E-state index in [1.165, 1.54) is 48.2 Å². The Morgan fingerprint density at radius 1 is 0.396 bits per heavy atom. The number of hydrogen-bond acceptors (Lipinski definition) is 3. The summed E-state index contributed by atoms with van der Waals surface area (Å²) in [6.45, 7) is 0. The van der Waals surface area contributed by atoms with Gasteiger partial charge in [0, 0.05) is 56.4 Å². The van der Waals surface area contributed by atoms with E-state index < -0.39 is 7.92 Å². The van der Waals surface area contributed by atoms with Crippen LogP contribution in [0.15, 0.2) is 194 Å². The Balaban J connectivity index is 1.33. The number of anilines is 6. The molecule has 1 unspecified atom stereocenters. The molecule has 0 N–H and O–H groups in total. The molecule has 53 heavy (non-hydrogen) atoms. The van der Waals surface area contributed by atoms with E-state index in [1.54, 1.807) is 0 Å². The lowest BCUT2D eigenvalue weighted by Crippen LogP contribution is -2.26. The molecule has 1 heterocycles. The van der Waals surface area contributed by atoms with Gasteiger partial charge in [-0.05, 0) is 77.5 Å². The molecule has 0 saturated heterocycles. The van der Waals surface area contributed by atoms with Gasteiger partial charge in [0.15, 0.2) is 0 Å². The number of nitrogens with zero attached hydrogens (tertiary/aromatic N) is 2. The van der Waals surface area contributed by atoms with E-state index in [1.807, 2.05) is 7.11 Å². The predicted octanol–water partition coefficient (Wildman–Crippen LogP) is 11.9. The third-order valence-electron chi connectivity index (χ3n) is 10.5. The molecule has 0 bridgehead atoms. The molecule has 9 aromatic rings. The van der Waals surface area contributed by atoms with Crippen LogP contribution in [0.25, 0.3) is 32.3 Å². The van der Waals surface area contributed by atoms with Gasteiger partial charge in [-0.3, -0.25) is 0 Å². The summed E-state index contributed by atoms with van der Waals surface area (Å²) in [6.07, 6.45) is 0. The Labute approximate surface area is 310 Å². The van der Waals surface area contributed by atoms with Crippen molar-refractivity contribution in [2.45, 2.75) is 0 Å². The molecule has 0 amide bonds. The Morgan fingerprint density at radius 3 is 1.42 bits per heavy atom. The Hall–Kier alpha value is -6.41. The molecule has 0 radical (unpaired) electrons. The lowest BCUT2D eigenvalue weighted by Gasteiger charge is -2.31. The molecule has 0 aliphatic carbocycles. The molecule has 0 fully saturated rings. The zero-order valence-electron chi connectivity index (χ0n) is 29.3. The summed E-state index contributed by atoms with van der Waals surface area (Å²) in [5, 5.41) is 11.8. The van der Waals surface area contributed by atoms with Crippen molar-refractivity contribution in [3.05, 3.63) is 194 Å². The highest BCUT2D eigenvalue weighted by Crippen LogP contribution is 2.53. The van der Waals surface area contributed by atoms with Crippen molar-refractivity contribution in [2.24, 2.45) is 0 Å². The highest BCUT2D eigenvalue weighted by atomic mass is 31.1. The van der Waals surface area contributed by atoms with Crippen LogP contribution in [0.1, 0.15) is 0 Å². The van der Waals surface area contributed by atoms with E-state index in [0.717, 1.165) is 39.9 Å². The molecule has 1 aliphatic rings. The minimum absolute atomic E-state index is 0.861. The summed E-state index contributed by atoms with van der Waals surface area (Å²) in [4.78, 5) is 4.75. The Bertz CT molecular complexity index is 2680. The number of methoxy groups -OCH3 is 1. The molecule has 3 nitrogen and oxygen atoms in total. The molecule has 252 valence electrons. The number of benzene rings is 9. The third kappa shape index (κ3) is 5.16. The molecule has 0 spiro atoms. The predicted molar refractivity (Wildman–Crippen MR) is 229 cm³/mol. The maximum atomic E-state index is 6.45. The maximum Gasteiger partial charge on any atom is 0.147 e. The number of hydrogen-bond donors (Lipinski definition) is 0.